The van der Waals surface area contributed by atoms with E-state index in [9.17, 15) is 0 Å². The first-order valence-corrected chi connectivity index (χ1v) is 6.43. The largest absolute Gasteiger partial charge is 0.370 e. The molecule has 1 aliphatic rings. The third-order valence-corrected chi connectivity index (χ3v) is 3.86. The first kappa shape index (κ1) is 11.9. The summed E-state index contributed by atoms with van der Waals surface area (Å²) in [6.07, 6.45) is 4.96. The molecule has 2 rings (SSSR count). The molecule has 0 aromatic carbocycles. The van der Waals surface area contributed by atoms with Crippen molar-refractivity contribution >= 4 is 21.6 Å². The standard InChI is InChI=1S/C12H18BrN3/c1-12(8-14-2)4-6-16(9-12)11-3-5-15-7-10(11)13/h3,5,7,14H,4,6,8-9H2,1-2H3. The van der Waals surface area contributed by atoms with Crippen LogP contribution in [-0.2, 0) is 0 Å². The molecule has 1 aromatic heterocycles. The average Bonchev–Trinajstić information content (AvgIpc) is 2.62. The zero-order chi connectivity index (χ0) is 11.6. The minimum absolute atomic E-state index is 0.386. The molecular weight excluding hydrogens is 266 g/mol. The number of halogens is 1. The van der Waals surface area contributed by atoms with E-state index in [-0.39, 0.29) is 0 Å². The number of rotatable bonds is 3. The smallest absolute Gasteiger partial charge is 0.0592 e. The number of nitrogens with zero attached hydrogens (tertiary/aromatic N) is 2. The number of hydrogen-bond donors (Lipinski definition) is 1. The van der Waals surface area contributed by atoms with E-state index in [0.29, 0.717) is 5.41 Å². The molecule has 1 saturated heterocycles. The third kappa shape index (κ3) is 2.38. The molecule has 0 saturated carbocycles. The first-order chi connectivity index (χ1) is 7.64. The maximum atomic E-state index is 4.10. The highest BCUT2D eigenvalue weighted by Crippen LogP contribution is 2.35. The molecule has 2 heterocycles. The predicted octanol–water partition coefficient (Wildman–Crippen LogP) is 2.28. The van der Waals surface area contributed by atoms with Crippen molar-refractivity contribution in [3.8, 4) is 0 Å². The second kappa shape index (κ2) is 4.72. The average molecular weight is 284 g/mol. The summed E-state index contributed by atoms with van der Waals surface area (Å²) < 4.78 is 1.09. The van der Waals surface area contributed by atoms with Gasteiger partial charge in [0.05, 0.1) is 10.2 Å². The van der Waals surface area contributed by atoms with Crippen LogP contribution in [0.15, 0.2) is 22.9 Å². The molecule has 0 amide bonds. The fraction of sp³-hybridized carbons (Fsp3) is 0.583. The number of anilines is 1. The first-order valence-electron chi connectivity index (χ1n) is 5.64. The Labute approximate surface area is 105 Å². The molecule has 0 spiro atoms. The van der Waals surface area contributed by atoms with Gasteiger partial charge in [0.1, 0.15) is 0 Å². The fourth-order valence-corrected chi connectivity index (χ4v) is 2.93. The summed E-state index contributed by atoms with van der Waals surface area (Å²) >= 11 is 3.56. The SMILES string of the molecule is CNCC1(C)CCN(c2ccncc2Br)C1. The summed E-state index contributed by atoms with van der Waals surface area (Å²) in [6, 6.07) is 2.08. The van der Waals surface area contributed by atoms with Crippen LogP contribution in [0.5, 0.6) is 0 Å². The van der Waals surface area contributed by atoms with E-state index in [1.54, 1.807) is 0 Å². The molecule has 3 nitrogen and oxygen atoms in total. The van der Waals surface area contributed by atoms with Gasteiger partial charge in [-0.3, -0.25) is 4.98 Å². The van der Waals surface area contributed by atoms with Gasteiger partial charge in [-0.15, -0.1) is 0 Å². The van der Waals surface area contributed by atoms with Gasteiger partial charge < -0.3 is 10.2 Å². The summed E-state index contributed by atoms with van der Waals surface area (Å²) in [5.41, 5.74) is 1.65. The van der Waals surface area contributed by atoms with Gasteiger partial charge in [-0.1, -0.05) is 6.92 Å². The Bertz CT molecular complexity index is 369. The minimum Gasteiger partial charge on any atom is -0.370 e. The molecule has 1 aliphatic heterocycles. The lowest BCUT2D eigenvalue weighted by molar-refractivity contribution is 0.356. The van der Waals surface area contributed by atoms with Crippen LogP contribution in [0.1, 0.15) is 13.3 Å². The van der Waals surface area contributed by atoms with Crippen molar-refractivity contribution in [1.29, 1.82) is 0 Å². The van der Waals surface area contributed by atoms with E-state index >= 15 is 0 Å². The Morgan fingerprint density at radius 2 is 2.44 bits per heavy atom. The molecule has 0 aliphatic carbocycles. The van der Waals surface area contributed by atoms with Crippen LogP contribution < -0.4 is 10.2 Å². The van der Waals surface area contributed by atoms with Crippen LogP contribution in [0.3, 0.4) is 0 Å². The summed E-state index contributed by atoms with van der Waals surface area (Å²) in [6.45, 7) is 5.65. The van der Waals surface area contributed by atoms with E-state index in [2.05, 4.69) is 44.1 Å². The second-order valence-electron chi connectivity index (χ2n) is 4.84. The Balaban J connectivity index is 2.12. The number of nitrogens with one attached hydrogen (secondary N) is 1. The molecule has 0 bridgehead atoms. The summed E-state index contributed by atoms with van der Waals surface area (Å²) in [5, 5.41) is 3.29. The fourth-order valence-electron chi connectivity index (χ4n) is 2.42. The van der Waals surface area contributed by atoms with Crippen molar-refractivity contribution in [2.75, 3.05) is 31.6 Å². The topological polar surface area (TPSA) is 28.2 Å². The summed E-state index contributed by atoms with van der Waals surface area (Å²) in [7, 11) is 2.02. The summed E-state index contributed by atoms with van der Waals surface area (Å²) in [5.74, 6) is 0. The Hall–Kier alpha value is -0.610. The third-order valence-electron chi connectivity index (χ3n) is 3.25. The molecular formula is C12H18BrN3. The van der Waals surface area contributed by atoms with Gasteiger partial charge >= 0.3 is 0 Å². The Morgan fingerprint density at radius 1 is 1.62 bits per heavy atom. The lowest BCUT2D eigenvalue weighted by atomic mass is 9.90. The molecule has 16 heavy (non-hydrogen) atoms. The lowest BCUT2D eigenvalue weighted by Crippen LogP contribution is -2.33. The van der Waals surface area contributed by atoms with Gasteiger partial charge in [0.15, 0.2) is 0 Å². The number of aromatic nitrogens is 1. The van der Waals surface area contributed by atoms with Crippen molar-refractivity contribution < 1.29 is 0 Å². The molecule has 1 aromatic rings. The van der Waals surface area contributed by atoms with E-state index in [0.717, 1.165) is 24.1 Å². The quantitative estimate of drug-likeness (QED) is 0.923. The van der Waals surface area contributed by atoms with E-state index in [1.807, 2.05) is 19.4 Å². The van der Waals surface area contributed by atoms with Crippen LogP contribution in [0, 0.1) is 5.41 Å². The normalized spacial score (nSPS) is 25.1. The molecule has 1 unspecified atom stereocenters. The lowest BCUT2D eigenvalue weighted by Gasteiger charge is -2.25. The zero-order valence-corrected chi connectivity index (χ0v) is 11.4. The van der Waals surface area contributed by atoms with E-state index in [1.165, 1.54) is 12.1 Å². The highest BCUT2D eigenvalue weighted by Gasteiger charge is 2.33. The Kier molecular flexibility index (Phi) is 3.50. The van der Waals surface area contributed by atoms with Crippen molar-refractivity contribution in [2.45, 2.75) is 13.3 Å². The van der Waals surface area contributed by atoms with Gasteiger partial charge in [-0.05, 0) is 40.9 Å². The van der Waals surface area contributed by atoms with Gasteiger partial charge in [-0.2, -0.15) is 0 Å². The van der Waals surface area contributed by atoms with Crippen LogP contribution in [0.2, 0.25) is 0 Å². The van der Waals surface area contributed by atoms with E-state index < -0.39 is 0 Å². The van der Waals surface area contributed by atoms with Crippen molar-refractivity contribution in [3.63, 3.8) is 0 Å². The van der Waals surface area contributed by atoms with Crippen LogP contribution in [-0.4, -0.2) is 31.7 Å². The van der Waals surface area contributed by atoms with Crippen molar-refractivity contribution in [2.24, 2.45) is 5.41 Å². The Morgan fingerprint density at radius 3 is 3.12 bits per heavy atom. The zero-order valence-electron chi connectivity index (χ0n) is 9.83. The van der Waals surface area contributed by atoms with Gasteiger partial charge in [-0.25, -0.2) is 0 Å². The molecule has 0 radical (unpaired) electrons. The minimum atomic E-state index is 0.386. The number of hydrogen-bond acceptors (Lipinski definition) is 3. The van der Waals surface area contributed by atoms with Crippen LogP contribution >= 0.6 is 15.9 Å². The molecule has 1 atom stereocenters. The van der Waals surface area contributed by atoms with Crippen molar-refractivity contribution in [3.05, 3.63) is 22.9 Å². The summed E-state index contributed by atoms with van der Waals surface area (Å²) in [4.78, 5) is 6.54. The van der Waals surface area contributed by atoms with Gasteiger partial charge in [0.2, 0.25) is 0 Å². The molecule has 1 N–H and O–H groups in total. The van der Waals surface area contributed by atoms with E-state index in [4.69, 9.17) is 0 Å². The highest BCUT2D eigenvalue weighted by molar-refractivity contribution is 9.10. The van der Waals surface area contributed by atoms with Crippen LogP contribution in [0.4, 0.5) is 5.69 Å². The molecule has 88 valence electrons. The van der Waals surface area contributed by atoms with Crippen LogP contribution in [0.25, 0.3) is 0 Å². The predicted molar refractivity (Wildman–Crippen MR) is 70.8 cm³/mol. The second-order valence-corrected chi connectivity index (χ2v) is 5.69. The highest BCUT2D eigenvalue weighted by atomic mass is 79.9. The molecule has 4 heteroatoms. The van der Waals surface area contributed by atoms with Gasteiger partial charge in [0.25, 0.3) is 0 Å². The maximum absolute atomic E-state index is 4.10. The molecule has 1 fully saturated rings. The maximum Gasteiger partial charge on any atom is 0.0592 e. The number of pyridine rings is 1. The monoisotopic (exact) mass is 283 g/mol. The van der Waals surface area contributed by atoms with Gasteiger partial charge in [0, 0.05) is 32.0 Å². The van der Waals surface area contributed by atoms with Crippen molar-refractivity contribution in [1.82, 2.24) is 10.3 Å².